The summed E-state index contributed by atoms with van der Waals surface area (Å²) in [7, 11) is 0. The Morgan fingerprint density at radius 2 is 1.73 bits per heavy atom. The van der Waals surface area contributed by atoms with Crippen molar-refractivity contribution in [3.63, 3.8) is 0 Å². The van der Waals surface area contributed by atoms with Crippen molar-refractivity contribution < 1.29 is 9.84 Å². The molecule has 6 heteroatoms. The van der Waals surface area contributed by atoms with Gasteiger partial charge in [-0.3, -0.25) is 4.98 Å². The van der Waals surface area contributed by atoms with E-state index in [1.807, 2.05) is 24.4 Å². The van der Waals surface area contributed by atoms with E-state index in [2.05, 4.69) is 22.4 Å². The first-order valence-corrected chi connectivity index (χ1v) is 12.1. The number of aliphatic hydroxyl groups is 1. The van der Waals surface area contributed by atoms with Crippen LogP contribution in [0.1, 0.15) is 69.4 Å². The van der Waals surface area contributed by atoms with Gasteiger partial charge in [0.05, 0.1) is 22.4 Å². The third kappa shape index (κ3) is 4.44. The molecule has 0 unspecified atom stereocenters. The molecule has 2 heterocycles. The van der Waals surface area contributed by atoms with Gasteiger partial charge in [0.25, 0.3) is 0 Å². The number of thiazole rings is 1. The Labute approximate surface area is 181 Å². The molecule has 2 saturated carbocycles. The topological polar surface area (TPSA) is 67.3 Å². The molecule has 0 saturated heterocycles. The fraction of sp³-hybridized carbons (Fsp3) is 0.500. The van der Waals surface area contributed by atoms with Crippen molar-refractivity contribution in [2.45, 2.75) is 75.9 Å². The van der Waals surface area contributed by atoms with Crippen LogP contribution >= 0.6 is 11.3 Å². The Morgan fingerprint density at radius 3 is 2.60 bits per heavy atom. The monoisotopic (exact) mass is 423 g/mol. The van der Waals surface area contributed by atoms with Gasteiger partial charge in [0.15, 0.2) is 5.13 Å². The van der Waals surface area contributed by atoms with Crippen LogP contribution in [0.2, 0.25) is 0 Å². The summed E-state index contributed by atoms with van der Waals surface area (Å²) in [5.41, 5.74) is 2.11. The van der Waals surface area contributed by atoms with Gasteiger partial charge in [0.1, 0.15) is 11.5 Å². The SMILES string of the molecule is O[C@@H]1CCCC[C@H]1Nc1nc2ccc(Oc3ccnc(C4CCCCC4)c3)cc2s1. The minimum Gasteiger partial charge on any atom is -0.457 e. The highest BCUT2D eigenvalue weighted by atomic mass is 32.1. The molecule has 2 aliphatic rings. The lowest BCUT2D eigenvalue weighted by Gasteiger charge is -2.27. The average Bonchev–Trinajstić information content (AvgIpc) is 3.18. The van der Waals surface area contributed by atoms with Crippen molar-refractivity contribution >= 4 is 26.7 Å². The molecular weight excluding hydrogens is 394 g/mol. The summed E-state index contributed by atoms with van der Waals surface area (Å²) in [6, 6.07) is 10.2. The maximum absolute atomic E-state index is 10.2. The molecule has 2 atom stereocenters. The summed E-state index contributed by atoms with van der Waals surface area (Å²) in [6.07, 6.45) is 12.1. The molecule has 0 bridgehead atoms. The highest BCUT2D eigenvalue weighted by Crippen LogP contribution is 2.35. The maximum atomic E-state index is 10.2. The molecule has 2 fully saturated rings. The smallest absolute Gasteiger partial charge is 0.184 e. The van der Waals surface area contributed by atoms with Crippen LogP contribution in [0.25, 0.3) is 10.2 Å². The van der Waals surface area contributed by atoms with Gasteiger partial charge in [0, 0.05) is 29.9 Å². The molecule has 0 spiro atoms. The van der Waals surface area contributed by atoms with Gasteiger partial charge < -0.3 is 15.2 Å². The molecule has 0 radical (unpaired) electrons. The number of nitrogens with one attached hydrogen (secondary N) is 1. The summed E-state index contributed by atoms with van der Waals surface area (Å²) in [5, 5.41) is 14.5. The van der Waals surface area contributed by atoms with Crippen LogP contribution in [-0.2, 0) is 0 Å². The van der Waals surface area contributed by atoms with E-state index in [-0.39, 0.29) is 12.1 Å². The fourth-order valence-corrected chi connectivity index (χ4v) is 5.67. The zero-order valence-corrected chi connectivity index (χ0v) is 18.0. The lowest BCUT2D eigenvalue weighted by atomic mass is 9.87. The zero-order chi connectivity index (χ0) is 20.3. The number of rotatable bonds is 5. The van der Waals surface area contributed by atoms with Crippen LogP contribution < -0.4 is 10.1 Å². The highest BCUT2D eigenvalue weighted by molar-refractivity contribution is 7.22. The molecule has 5 rings (SSSR count). The lowest BCUT2D eigenvalue weighted by molar-refractivity contribution is 0.116. The number of benzene rings is 1. The standard InChI is InChI=1S/C24H29N3O2S/c28-22-9-5-4-8-19(22)26-24-27-20-11-10-17(15-23(20)30-24)29-18-12-13-25-21(14-18)16-6-2-1-3-7-16/h10-16,19,22,28H,1-9H2,(H,26,27)/t19-,22-/m1/s1. The number of ether oxygens (including phenoxy) is 1. The Hall–Kier alpha value is -2.18. The highest BCUT2D eigenvalue weighted by Gasteiger charge is 2.23. The third-order valence-electron chi connectivity index (χ3n) is 6.41. The van der Waals surface area contributed by atoms with E-state index < -0.39 is 0 Å². The molecule has 2 N–H and O–H groups in total. The lowest BCUT2D eigenvalue weighted by Crippen LogP contribution is -2.36. The van der Waals surface area contributed by atoms with Gasteiger partial charge >= 0.3 is 0 Å². The van der Waals surface area contributed by atoms with Gasteiger partial charge in [-0.15, -0.1) is 0 Å². The van der Waals surface area contributed by atoms with Gasteiger partial charge in [0.2, 0.25) is 0 Å². The number of aliphatic hydroxyl groups excluding tert-OH is 1. The molecular formula is C24H29N3O2S. The number of nitrogens with zero attached hydrogens (tertiary/aromatic N) is 2. The van der Waals surface area contributed by atoms with Gasteiger partial charge in [-0.1, -0.05) is 43.4 Å². The second kappa shape index (κ2) is 8.90. The van der Waals surface area contributed by atoms with Crippen molar-refractivity contribution in [3.05, 3.63) is 42.2 Å². The van der Waals surface area contributed by atoms with Gasteiger partial charge in [-0.25, -0.2) is 4.98 Å². The number of hydrogen-bond acceptors (Lipinski definition) is 6. The van der Waals surface area contributed by atoms with Crippen molar-refractivity contribution in [2.75, 3.05) is 5.32 Å². The number of hydrogen-bond donors (Lipinski definition) is 2. The van der Waals surface area contributed by atoms with Crippen LogP contribution in [0.4, 0.5) is 5.13 Å². The van der Waals surface area contributed by atoms with Crippen LogP contribution in [0.5, 0.6) is 11.5 Å². The quantitative estimate of drug-likeness (QED) is 0.508. The molecule has 0 aliphatic heterocycles. The first kappa shape index (κ1) is 19.8. The van der Waals surface area contributed by atoms with E-state index in [0.717, 1.165) is 58.2 Å². The normalized spacial score (nSPS) is 22.8. The van der Waals surface area contributed by atoms with E-state index in [0.29, 0.717) is 5.92 Å². The summed E-state index contributed by atoms with van der Waals surface area (Å²) < 4.78 is 7.26. The van der Waals surface area contributed by atoms with Crippen molar-refractivity contribution in [1.29, 1.82) is 0 Å². The molecule has 2 aromatic heterocycles. The summed E-state index contributed by atoms with van der Waals surface area (Å²) >= 11 is 1.62. The molecule has 158 valence electrons. The van der Waals surface area contributed by atoms with E-state index in [1.54, 1.807) is 11.3 Å². The minimum absolute atomic E-state index is 0.102. The van der Waals surface area contributed by atoms with Crippen molar-refractivity contribution in [1.82, 2.24) is 9.97 Å². The van der Waals surface area contributed by atoms with Crippen LogP contribution in [0, 0.1) is 0 Å². The van der Waals surface area contributed by atoms with Crippen LogP contribution in [0.3, 0.4) is 0 Å². The Balaban J connectivity index is 1.30. The largest absolute Gasteiger partial charge is 0.457 e. The van der Waals surface area contributed by atoms with E-state index in [9.17, 15) is 5.11 Å². The van der Waals surface area contributed by atoms with Crippen LogP contribution in [0.15, 0.2) is 36.5 Å². The number of pyridine rings is 1. The molecule has 3 aromatic rings. The summed E-state index contributed by atoms with van der Waals surface area (Å²) in [4.78, 5) is 9.30. The zero-order valence-electron chi connectivity index (χ0n) is 17.2. The summed E-state index contributed by atoms with van der Waals surface area (Å²) in [5.74, 6) is 2.23. The second-order valence-corrected chi connectivity index (χ2v) is 9.64. The molecule has 5 nitrogen and oxygen atoms in total. The van der Waals surface area contributed by atoms with Crippen molar-refractivity contribution in [2.24, 2.45) is 0 Å². The number of anilines is 1. The Morgan fingerprint density at radius 1 is 0.933 bits per heavy atom. The summed E-state index contributed by atoms with van der Waals surface area (Å²) in [6.45, 7) is 0. The van der Waals surface area contributed by atoms with E-state index in [4.69, 9.17) is 9.72 Å². The second-order valence-electron chi connectivity index (χ2n) is 8.60. The molecule has 0 amide bonds. The number of aromatic nitrogens is 2. The first-order chi connectivity index (χ1) is 14.7. The molecule has 2 aliphatic carbocycles. The van der Waals surface area contributed by atoms with E-state index in [1.165, 1.54) is 32.1 Å². The van der Waals surface area contributed by atoms with Gasteiger partial charge in [-0.05, 0) is 43.9 Å². The Bertz CT molecular complexity index is 999. The predicted octanol–water partition coefficient (Wildman–Crippen LogP) is 6.25. The minimum atomic E-state index is -0.283. The molecule has 1 aromatic carbocycles. The third-order valence-corrected chi connectivity index (χ3v) is 7.36. The predicted molar refractivity (Wildman–Crippen MR) is 122 cm³/mol. The van der Waals surface area contributed by atoms with Gasteiger partial charge in [-0.2, -0.15) is 0 Å². The maximum Gasteiger partial charge on any atom is 0.184 e. The fourth-order valence-electron chi connectivity index (χ4n) is 4.72. The Kier molecular flexibility index (Phi) is 5.86. The van der Waals surface area contributed by atoms with E-state index >= 15 is 0 Å². The van der Waals surface area contributed by atoms with Crippen LogP contribution in [-0.4, -0.2) is 27.2 Å². The first-order valence-electron chi connectivity index (χ1n) is 11.2. The number of fused-ring (bicyclic) bond motifs is 1. The van der Waals surface area contributed by atoms with Crippen molar-refractivity contribution in [3.8, 4) is 11.5 Å². The molecule has 30 heavy (non-hydrogen) atoms. The average molecular weight is 424 g/mol.